The molecule has 0 saturated heterocycles. The van der Waals surface area contributed by atoms with Gasteiger partial charge in [-0.1, -0.05) is 36.4 Å². The van der Waals surface area contributed by atoms with Gasteiger partial charge in [0.05, 0.1) is 22.2 Å². The summed E-state index contributed by atoms with van der Waals surface area (Å²) in [5, 5.41) is 3.29. The summed E-state index contributed by atoms with van der Waals surface area (Å²) in [6.45, 7) is 0. The Balaban J connectivity index is 1.18. The van der Waals surface area contributed by atoms with Crippen molar-refractivity contribution in [1.29, 1.82) is 0 Å². The van der Waals surface area contributed by atoms with Crippen LogP contribution >= 0.6 is 17.2 Å². The number of fused-ring (bicyclic) bond motifs is 7. The molecule has 0 radical (unpaired) electrons. The fraction of sp³-hybridized carbons (Fsp3) is 0. The lowest BCUT2D eigenvalue weighted by Gasteiger charge is -2.23. The van der Waals surface area contributed by atoms with Gasteiger partial charge in [-0.05, 0) is 108 Å². The molecule has 0 N–H and O–H groups in total. The van der Waals surface area contributed by atoms with Gasteiger partial charge in [0.15, 0.2) is 11.6 Å². The number of hydrogen-bond donors (Lipinski definition) is 0. The molecule has 3 heterocycles. The van der Waals surface area contributed by atoms with Gasteiger partial charge in [0.2, 0.25) is 0 Å². The molecule has 0 saturated carbocycles. The molecule has 0 amide bonds. The van der Waals surface area contributed by atoms with Crippen LogP contribution in [0.1, 0.15) is 31.8 Å². The number of benzene rings is 7. The normalized spacial score (nSPS) is 13.5. The minimum Gasteiger partial charge on any atom is -0.456 e. The predicted octanol–water partition coefficient (Wildman–Crippen LogP) is 9.27. The van der Waals surface area contributed by atoms with Gasteiger partial charge in [0, 0.05) is 48.8 Å². The minimum absolute atomic E-state index is 0.0406. The molecule has 7 aromatic carbocycles. The molecule has 2 atom stereocenters. The number of carbonyl (C=O) groups is 2. The van der Waals surface area contributed by atoms with Gasteiger partial charge in [-0.3, -0.25) is 9.59 Å². The number of nitrogens with zero attached hydrogens (tertiary/aromatic N) is 1. The second-order valence-electron chi connectivity index (χ2n) is 13.1. The third kappa shape index (κ3) is 5.45. The number of rotatable bonds is 5. The van der Waals surface area contributed by atoms with Gasteiger partial charge in [0.1, 0.15) is 46.3 Å². The number of carbonyl (C=O) groups excluding carboxylic acids is 2. The maximum atomic E-state index is 16.0. The Morgan fingerprint density at radius 3 is 1.40 bits per heavy atom. The lowest BCUT2D eigenvalue weighted by molar-refractivity contribution is 0.103. The van der Waals surface area contributed by atoms with E-state index in [9.17, 15) is 18.4 Å². The number of para-hydroxylation sites is 2. The molecule has 0 fully saturated rings. The van der Waals surface area contributed by atoms with E-state index in [1.54, 1.807) is 12.1 Å². The van der Waals surface area contributed by atoms with Crippen LogP contribution in [0.5, 0.6) is 23.0 Å². The first-order valence-corrected chi connectivity index (χ1v) is 19.1. The maximum Gasteiger partial charge on any atom is 0.196 e. The average Bonchev–Trinajstić information content (AvgIpc) is 3.53. The van der Waals surface area contributed by atoms with Crippen LogP contribution in [0.25, 0.3) is 27.5 Å². The highest BCUT2D eigenvalue weighted by Crippen LogP contribution is 2.39. The molecule has 1 aromatic heterocycles. The molecule has 2 aliphatic rings. The topological polar surface area (TPSA) is 57.5 Å². The van der Waals surface area contributed by atoms with Gasteiger partial charge in [-0.15, -0.1) is 0 Å². The van der Waals surface area contributed by atoms with Crippen molar-refractivity contribution in [2.75, 3.05) is 0 Å². The fourth-order valence-electron chi connectivity index (χ4n) is 7.35. The minimum atomic E-state index is -0.817. The van der Waals surface area contributed by atoms with E-state index >= 15 is 8.78 Å². The number of aromatic nitrogens is 1. The zero-order chi connectivity index (χ0) is 37.5. The molecule has 2 unspecified atom stereocenters. The van der Waals surface area contributed by atoms with E-state index in [4.69, 9.17) is 9.47 Å². The van der Waals surface area contributed by atoms with Crippen LogP contribution in [0.3, 0.4) is 0 Å². The van der Waals surface area contributed by atoms with Crippen LogP contribution in [0.4, 0.5) is 17.6 Å². The Kier molecular flexibility index (Phi) is 7.74. The van der Waals surface area contributed by atoms with Crippen LogP contribution in [0.15, 0.2) is 127 Å². The smallest absolute Gasteiger partial charge is 0.196 e. The standard InChI is InChI=1S/C44H23F4NO4P2/c45-24-9-13-33-37(20-24)54-43-35(52-33)15-11-29(47)39(43)41(50)22-17-23(19-26(18-22)49-31-7-3-1-5-27(31)28-6-2-4-8-32(28)49)42(51)40-30(48)12-16-36-44(40)55-38-21-25(46)10-14-34(38)53-36/h1-21,54-55H. The van der Waals surface area contributed by atoms with Crippen LogP contribution < -0.4 is 30.7 Å². The molecule has 5 nitrogen and oxygen atoms in total. The first-order chi connectivity index (χ1) is 26.7. The van der Waals surface area contributed by atoms with E-state index in [-0.39, 0.29) is 61.5 Å². The molecule has 0 bridgehead atoms. The van der Waals surface area contributed by atoms with Crippen LogP contribution in [0.2, 0.25) is 0 Å². The zero-order valence-corrected chi connectivity index (χ0v) is 30.2. The van der Waals surface area contributed by atoms with E-state index in [0.717, 1.165) is 33.9 Å². The summed E-state index contributed by atoms with van der Waals surface area (Å²) in [5.74, 6) is -2.80. The fourth-order valence-corrected chi connectivity index (χ4v) is 10.1. The van der Waals surface area contributed by atoms with Crippen molar-refractivity contribution in [2.24, 2.45) is 0 Å². The molecular weight excluding hydrogens is 744 g/mol. The Morgan fingerprint density at radius 2 is 0.927 bits per heavy atom. The summed E-state index contributed by atoms with van der Waals surface area (Å²) in [5.41, 5.74) is 1.32. The van der Waals surface area contributed by atoms with Crippen molar-refractivity contribution in [3.05, 3.63) is 173 Å². The van der Waals surface area contributed by atoms with E-state index in [2.05, 4.69) is 0 Å². The second kappa shape index (κ2) is 12.7. The number of ketones is 2. The Labute approximate surface area is 313 Å². The summed E-state index contributed by atoms with van der Waals surface area (Å²) < 4.78 is 74.4. The second-order valence-corrected chi connectivity index (χ2v) is 15.7. The van der Waals surface area contributed by atoms with Crippen LogP contribution in [-0.2, 0) is 0 Å². The van der Waals surface area contributed by atoms with Crippen molar-refractivity contribution < 1.29 is 36.6 Å². The lowest BCUT2D eigenvalue weighted by Crippen LogP contribution is -2.25. The highest BCUT2D eigenvalue weighted by atomic mass is 31.1. The summed E-state index contributed by atoms with van der Waals surface area (Å²) in [6.07, 6.45) is 0. The first-order valence-electron chi connectivity index (χ1n) is 17.1. The van der Waals surface area contributed by atoms with E-state index in [1.807, 2.05) is 53.1 Å². The highest BCUT2D eigenvalue weighted by Gasteiger charge is 2.31. The lowest BCUT2D eigenvalue weighted by atomic mass is 9.95. The molecule has 11 heteroatoms. The van der Waals surface area contributed by atoms with Crippen LogP contribution in [0, 0.1) is 23.3 Å². The summed E-state index contributed by atoms with van der Waals surface area (Å²) in [4.78, 5) is 29.5. The third-order valence-electron chi connectivity index (χ3n) is 9.81. The summed E-state index contributed by atoms with van der Waals surface area (Å²) in [6, 6.07) is 33.1. The molecule has 10 rings (SSSR count). The average molecular weight is 768 g/mol. The molecular formula is C44H23F4NO4P2. The van der Waals surface area contributed by atoms with Crippen LogP contribution in [-0.4, -0.2) is 16.1 Å². The largest absolute Gasteiger partial charge is 0.456 e. The number of ether oxygens (including phenoxy) is 2. The highest BCUT2D eigenvalue weighted by molar-refractivity contribution is 7.56. The molecule has 0 aliphatic carbocycles. The molecule has 8 aromatic rings. The van der Waals surface area contributed by atoms with Crippen molar-refractivity contribution >= 4 is 71.8 Å². The van der Waals surface area contributed by atoms with Gasteiger partial charge in [-0.25, -0.2) is 17.6 Å². The van der Waals surface area contributed by atoms with Gasteiger partial charge in [0.25, 0.3) is 0 Å². The van der Waals surface area contributed by atoms with E-state index in [1.165, 1.54) is 54.6 Å². The Hall–Kier alpha value is -6.14. The van der Waals surface area contributed by atoms with E-state index < -0.39 is 34.8 Å². The number of halogens is 4. The Morgan fingerprint density at radius 1 is 0.491 bits per heavy atom. The zero-order valence-electron chi connectivity index (χ0n) is 28.2. The van der Waals surface area contributed by atoms with E-state index in [0.29, 0.717) is 27.8 Å². The molecule has 0 spiro atoms. The monoisotopic (exact) mass is 767 g/mol. The van der Waals surface area contributed by atoms with Crippen molar-refractivity contribution in [3.8, 4) is 28.7 Å². The summed E-state index contributed by atoms with van der Waals surface area (Å²) in [7, 11) is -0.619. The summed E-state index contributed by atoms with van der Waals surface area (Å²) >= 11 is 0. The molecule has 266 valence electrons. The number of hydrogen-bond acceptors (Lipinski definition) is 4. The van der Waals surface area contributed by atoms with Gasteiger partial charge < -0.3 is 14.0 Å². The Bertz CT molecular complexity index is 2800. The third-order valence-corrected chi connectivity index (χ3v) is 12.6. The SMILES string of the molecule is O=C(c1cc(C(=O)c2c(F)ccc3c2Pc2cc(F)ccc2O3)cc(-n2c3ccccc3c3ccccc32)c1)c1c(F)ccc2c1Pc1cc(F)ccc1O2. The van der Waals surface area contributed by atoms with Crippen molar-refractivity contribution in [1.82, 2.24) is 4.57 Å². The first kappa shape index (κ1) is 33.4. The molecule has 2 aliphatic heterocycles. The quantitative estimate of drug-likeness (QED) is 0.0996. The predicted molar refractivity (Wildman–Crippen MR) is 209 cm³/mol. The van der Waals surface area contributed by atoms with Crippen molar-refractivity contribution in [2.45, 2.75) is 0 Å². The van der Waals surface area contributed by atoms with Gasteiger partial charge >= 0.3 is 0 Å². The maximum absolute atomic E-state index is 16.0. The van der Waals surface area contributed by atoms with Crippen molar-refractivity contribution in [3.63, 3.8) is 0 Å². The van der Waals surface area contributed by atoms with Gasteiger partial charge in [-0.2, -0.15) is 0 Å². The molecule has 55 heavy (non-hydrogen) atoms.